The number of aliphatic carboxylic acids is 1. The van der Waals surface area contributed by atoms with Gasteiger partial charge in [0.1, 0.15) is 6.04 Å². The number of hydrogen-bond donors (Lipinski definition) is 2. The maximum Gasteiger partial charge on any atom is 0.306 e. The fourth-order valence-electron chi connectivity index (χ4n) is 3.50. The predicted molar refractivity (Wildman–Crippen MR) is 85.7 cm³/mol. The van der Waals surface area contributed by atoms with Gasteiger partial charge in [0, 0.05) is 18.0 Å². The van der Waals surface area contributed by atoms with Crippen molar-refractivity contribution in [3.63, 3.8) is 0 Å². The molecule has 2 amide bonds. The highest BCUT2D eigenvalue weighted by Crippen LogP contribution is 2.27. The number of rotatable bonds is 3. The summed E-state index contributed by atoms with van der Waals surface area (Å²) in [7, 11) is 0. The largest absolute Gasteiger partial charge is 0.481 e. The molecule has 0 radical (unpaired) electrons. The topological polar surface area (TPSA) is 86.7 Å². The third kappa shape index (κ3) is 4.24. The molecule has 130 valence electrons. The molecule has 6 nitrogen and oxygen atoms in total. The summed E-state index contributed by atoms with van der Waals surface area (Å²) in [5.74, 6) is -1.09. The molecular weight excluding hydrogens is 296 g/mol. The van der Waals surface area contributed by atoms with Crippen LogP contribution in [0.25, 0.3) is 0 Å². The number of carboxylic acids is 1. The van der Waals surface area contributed by atoms with Crippen molar-refractivity contribution in [1.29, 1.82) is 0 Å². The number of carbonyl (C=O) groups excluding carboxylic acids is 2. The minimum absolute atomic E-state index is 0.0183. The summed E-state index contributed by atoms with van der Waals surface area (Å²) < 4.78 is 0. The number of likely N-dealkylation sites (tertiary alicyclic amines) is 1. The highest BCUT2D eigenvalue weighted by Gasteiger charge is 2.39. The molecule has 0 bridgehead atoms. The van der Waals surface area contributed by atoms with E-state index in [9.17, 15) is 14.4 Å². The number of nitrogens with one attached hydrogen (secondary N) is 1. The van der Waals surface area contributed by atoms with Crippen LogP contribution in [0.5, 0.6) is 0 Å². The zero-order chi connectivity index (χ0) is 17.2. The maximum atomic E-state index is 12.5. The Morgan fingerprint density at radius 2 is 1.65 bits per heavy atom. The second kappa shape index (κ2) is 6.89. The van der Waals surface area contributed by atoms with E-state index in [1.165, 1.54) is 0 Å². The first-order valence-electron chi connectivity index (χ1n) is 8.54. The van der Waals surface area contributed by atoms with Gasteiger partial charge in [0.15, 0.2) is 0 Å². The van der Waals surface area contributed by atoms with E-state index in [0.29, 0.717) is 38.6 Å². The predicted octanol–water partition coefficient (Wildman–Crippen LogP) is 1.78. The summed E-state index contributed by atoms with van der Waals surface area (Å²) in [4.78, 5) is 37.7. The van der Waals surface area contributed by atoms with E-state index in [0.717, 1.165) is 6.42 Å². The molecular formula is C17H28N2O4. The molecule has 6 heteroatoms. The van der Waals surface area contributed by atoms with Gasteiger partial charge < -0.3 is 15.3 Å². The first kappa shape index (κ1) is 17.8. The van der Waals surface area contributed by atoms with Gasteiger partial charge in [0.25, 0.3) is 0 Å². The van der Waals surface area contributed by atoms with Crippen LogP contribution in [0.2, 0.25) is 0 Å². The van der Waals surface area contributed by atoms with Crippen LogP contribution in [0.3, 0.4) is 0 Å². The second-order valence-electron chi connectivity index (χ2n) is 7.80. The van der Waals surface area contributed by atoms with E-state index in [1.54, 1.807) is 4.90 Å². The summed E-state index contributed by atoms with van der Waals surface area (Å²) in [5.41, 5.74) is -0.484. The Bertz CT molecular complexity index is 475. The summed E-state index contributed by atoms with van der Waals surface area (Å²) >= 11 is 0. The number of carbonyl (C=O) groups is 3. The van der Waals surface area contributed by atoms with E-state index in [2.05, 4.69) is 5.32 Å². The highest BCUT2D eigenvalue weighted by molar-refractivity contribution is 5.90. The Morgan fingerprint density at radius 1 is 1.04 bits per heavy atom. The van der Waals surface area contributed by atoms with Gasteiger partial charge in [-0.05, 0) is 38.5 Å². The molecule has 2 fully saturated rings. The number of carboxylic acid groups (broad SMARTS) is 1. The monoisotopic (exact) mass is 324 g/mol. The van der Waals surface area contributed by atoms with Crippen LogP contribution >= 0.6 is 0 Å². The van der Waals surface area contributed by atoms with Gasteiger partial charge >= 0.3 is 5.97 Å². The van der Waals surface area contributed by atoms with Crippen molar-refractivity contribution in [1.82, 2.24) is 10.2 Å². The third-order valence-electron chi connectivity index (χ3n) is 4.88. The van der Waals surface area contributed by atoms with Crippen molar-refractivity contribution in [3.8, 4) is 0 Å². The van der Waals surface area contributed by atoms with E-state index >= 15 is 0 Å². The normalized spacial score (nSPS) is 28.5. The van der Waals surface area contributed by atoms with Gasteiger partial charge in [0.05, 0.1) is 5.92 Å². The average molecular weight is 324 g/mol. The second-order valence-corrected chi connectivity index (χ2v) is 7.80. The third-order valence-corrected chi connectivity index (χ3v) is 4.88. The minimum atomic E-state index is -0.743. The van der Waals surface area contributed by atoms with Crippen LogP contribution < -0.4 is 5.32 Å². The molecule has 0 unspecified atom stereocenters. The maximum absolute atomic E-state index is 12.5. The van der Waals surface area contributed by atoms with Gasteiger partial charge in [-0.2, -0.15) is 0 Å². The standard InChI is InChI=1S/C17H28N2O4/c1-17(2,3)16(23)19-10-4-5-13(19)14(20)18-12-8-6-11(7-9-12)15(21)22/h11-13H,4-10H2,1-3H3,(H,18,20)(H,21,22)/t11?,12?,13-/m0/s1. The van der Waals surface area contributed by atoms with Crippen molar-refractivity contribution in [3.05, 3.63) is 0 Å². The molecule has 2 N–H and O–H groups in total. The molecule has 0 spiro atoms. The molecule has 23 heavy (non-hydrogen) atoms. The van der Waals surface area contributed by atoms with Crippen molar-refractivity contribution >= 4 is 17.8 Å². The molecule has 0 aromatic carbocycles. The number of amides is 2. The van der Waals surface area contributed by atoms with Crippen LogP contribution in [0.1, 0.15) is 59.3 Å². The Labute approximate surface area is 137 Å². The lowest BCUT2D eigenvalue weighted by atomic mass is 9.86. The van der Waals surface area contributed by atoms with Gasteiger partial charge in [-0.1, -0.05) is 20.8 Å². The van der Waals surface area contributed by atoms with Crippen LogP contribution in [-0.2, 0) is 14.4 Å². The van der Waals surface area contributed by atoms with Crippen LogP contribution in [-0.4, -0.2) is 46.4 Å². The van der Waals surface area contributed by atoms with Crippen LogP contribution in [0.15, 0.2) is 0 Å². The minimum Gasteiger partial charge on any atom is -0.481 e. The molecule has 2 rings (SSSR count). The Hall–Kier alpha value is -1.59. The average Bonchev–Trinajstić information content (AvgIpc) is 2.95. The summed E-state index contributed by atoms with van der Waals surface area (Å²) in [6.45, 7) is 6.25. The Kier molecular flexibility index (Phi) is 5.32. The molecule has 1 saturated carbocycles. The van der Waals surface area contributed by atoms with E-state index in [4.69, 9.17) is 5.11 Å². The smallest absolute Gasteiger partial charge is 0.306 e. The van der Waals surface area contributed by atoms with E-state index in [1.807, 2.05) is 20.8 Å². The molecule has 1 atom stereocenters. The zero-order valence-corrected chi connectivity index (χ0v) is 14.3. The molecule has 0 aromatic heterocycles. The molecule has 2 aliphatic rings. The van der Waals surface area contributed by atoms with Crippen molar-refractivity contribution in [2.45, 2.75) is 71.4 Å². The van der Waals surface area contributed by atoms with Gasteiger partial charge in [-0.25, -0.2) is 0 Å². The van der Waals surface area contributed by atoms with Crippen LogP contribution in [0, 0.1) is 11.3 Å². The quantitative estimate of drug-likeness (QED) is 0.828. The van der Waals surface area contributed by atoms with E-state index < -0.39 is 11.4 Å². The van der Waals surface area contributed by atoms with Gasteiger partial charge in [-0.15, -0.1) is 0 Å². The van der Waals surface area contributed by atoms with E-state index in [-0.39, 0.29) is 29.8 Å². The number of hydrogen-bond acceptors (Lipinski definition) is 3. The number of nitrogens with zero attached hydrogens (tertiary/aromatic N) is 1. The highest BCUT2D eigenvalue weighted by atomic mass is 16.4. The zero-order valence-electron chi connectivity index (χ0n) is 14.3. The van der Waals surface area contributed by atoms with Crippen LogP contribution in [0.4, 0.5) is 0 Å². The lowest BCUT2D eigenvalue weighted by molar-refractivity contribution is -0.145. The SMILES string of the molecule is CC(C)(C)C(=O)N1CCC[C@H]1C(=O)NC1CCC(C(=O)O)CC1. The molecule has 1 aliphatic carbocycles. The Morgan fingerprint density at radius 3 is 2.17 bits per heavy atom. The lowest BCUT2D eigenvalue weighted by Crippen LogP contribution is -2.51. The Balaban J connectivity index is 1.90. The van der Waals surface area contributed by atoms with Crippen molar-refractivity contribution in [2.24, 2.45) is 11.3 Å². The lowest BCUT2D eigenvalue weighted by Gasteiger charge is -2.32. The first-order valence-corrected chi connectivity index (χ1v) is 8.54. The van der Waals surface area contributed by atoms with Crippen molar-refractivity contribution < 1.29 is 19.5 Å². The first-order chi connectivity index (χ1) is 10.7. The van der Waals surface area contributed by atoms with Gasteiger partial charge in [0.2, 0.25) is 11.8 Å². The molecule has 0 aromatic rings. The van der Waals surface area contributed by atoms with Crippen molar-refractivity contribution in [2.75, 3.05) is 6.54 Å². The summed E-state index contributed by atoms with van der Waals surface area (Å²) in [6.07, 6.45) is 4.17. The fourth-order valence-corrected chi connectivity index (χ4v) is 3.50. The molecule has 1 aliphatic heterocycles. The molecule has 1 saturated heterocycles. The summed E-state index contributed by atoms with van der Waals surface area (Å²) in [6, 6.07) is -0.343. The molecule has 1 heterocycles. The van der Waals surface area contributed by atoms with Gasteiger partial charge in [-0.3, -0.25) is 14.4 Å². The summed E-state index contributed by atoms with van der Waals surface area (Å²) in [5, 5.41) is 12.1. The fraction of sp³-hybridized carbons (Fsp3) is 0.824.